The zero-order valence-corrected chi connectivity index (χ0v) is 9.42. The summed E-state index contributed by atoms with van der Waals surface area (Å²) in [6.45, 7) is 1.85. The summed E-state index contributed by atoms with van der Waals surface area (Å²) in [6, 6.07) is 7.12. The van der Waals surface area contributed by atoms with E-state index in [4.69, 9.17) is 4.74 Å². The number of ether oxygens (including phenoxy) is 1. The highest BCUT2D eigenvalue weighted by Gasteiger charge is 2.08. The Labute approximate surface area is 97.6 Å². The van der Waals surface area contributed by atoms with Crippen molar-refractivity contribution in [1.82, 2.24) is 9.78 Å². The third kappa shape index (κ3) is 2.33. The first-order chi connectivity index (χ1) is 8.22. The van der Waals surface area contributed by atoms with Crippen LogP contribution in [0.25, 0.3) is 10.8 Å². The minimum Gasteiger partial charge on any atom is -0.465 e. The van der Waals surface area contributed by atoms with Gasteiger partial charge in [0.25, 0.3) is 5.56 Å². The number of rotatable bonds is 3. The van der Waals surface area contributed by atoms with Gasteiger partial charge in [-0.3, -0.25) is 9.59 Å². The van der Waals surface area contributed by atoms with E-state index >= 15 is 0 Å². The number of hydrogen-bond donors (Lipinski definition) is 0. The second-order valence-electron chi connectivity index (χ2n) is 3.50. The van der Waals surface area contributed by atoms with E-state index in [1.54, 1.807) is 31.3 Å². The molecule has 2 rings (SSSR count). The summed E-state index contributed by atoms with van der Waals surface area (Å²) < 4.78 is 5.89. The van der Waals surface area contributed by atoms with Crippen molar-refractivity contribution < 1.29 is 9.53 Å². The van der Waals surface area contributed by atoms with Gasteiger partial charge in [0.2, 0.25) is 0 Å². The molecule has 0 N–H and O–H groups in total. The van der Waals surface area contributed by atoms with Gasteiger partial charge in [-0.05, 0) is 13.0 Å². The Balaban J connectivity index is 2.39. The lowest BCUT2D eigenvalue weighted by Crippen LogP contribution is -2.27. The first kappa shape index (κ1) is 11.3. The maximum atomic E-state index is 12.0. The second-order valence-corrected chi connectivity index (χ2v) is 3.50. The first-order valence-corrected chi connectivity index (χ1v) is 5.33. The molecule has 0 aliphatic rings. The molecule has 0 saturated heterocycles. The summed E-state index contributed by atoms with van der Waals surface area (Å²) in [4.78, 5) is 23.2. The summed E-state index contributed by atoms with van der Waals surface area (Å²) in [7, 11) is 0. The average molecular weight is 232 g/mol. The van der Waals surface area contributed by atoms with E-state index in [1.165, 1.54) is 0 Å². The largest absolute Gasteiger partial charge is 0.465 e. The van der Waals surface area contributed by atoms with E-state index in [0.717, 1.165) is 10.1 Å². The van der Waals surface area contributed by atoms with Gasteiger partial charge < -0.3 is 4.74 Å². The second kappa shape index (κ2) is 4.78. The van der Waals surface area contributed by atoms with Crippen LogP contribution in [0, 0.1) is 0 Å². The standard InChI is InChI=1S/C12H12N2O3/c1-2-17-11(15)8-14-12(16)10-6-4-3-5-9(10)7-13-14/h3-7H,2,8H2,1H3. The van der Waals surface area contributed by atoms with Crippen LogP contribution in [0.3, 0.4) is 0 Å². The highest BCUT2D eigenvalue weighted by atomic mass is 16.5. The molecule has 0 fully saturated rings. The monoisotopic (exact) mass is 232 g/mol. The molecule has 0 spiro atoms. The number of hydrogen-bond acceptors (Lipinski definition) is 4. The smallest absolute Gasteiger partial charge is 0.327 e. The molecule has 1 aromatic heterocycles. The van der Waals surface area contributed by atoms with Gasteiger partial charge in [0, 0.05) is 5.39 Å². The fraction of sp³-hybridized carbons (Fsp3) is 0.250. The zero-order valence-electron chi connectivity index (χ0n) is 9.42. The molecule has 88 valence electrons. The molecule has 0 radical (unpaired) electrons. The number of nitrogens with zero attached hydrogens (tertiary/aromatic N) is 2. The van der Waals surface area contributed by atoms with E-state index in [-0.39, 0.29) is 12.1 Å². The van der Waals surface area contributed by atoms with Gasteiger partial charge in [0.05, 0.1) is 18.2 Å². The van der Waals surface area contributed by atoms with Crippen LogP contribution < -0.4 is 5.56 Å². The fourth-order valence-electron chi connectivity index (χ4n) is 1.57. The third-order valence-electron chi connectivity index (χ3n) is 2.35. The normalized spacial score (nSPS) is 10.4. The van der Waals surface area contributed by atoms with Crippen molar-refractivity contribution in [1.29, 1.82) is 0 Å². The van der Waals surface area contributed by atoms with Crippen molar-refractivity contribution in [3.05, 3.63) is 40.8 Å². The lowest BCUT2D eigenvalue weighted by Gasteiger charge is -2.05. The van der Waals surface area contributed by atoms with Crippen LogP contribution in [-0.2, 0) is 16.1 Å². The number of fused-ring (bicyclic) bond motifs is 1. The predicted octanol–water partition coefficient (Wildman–Crippen LogP) is 0.960. The van der Waals surface area contributed by atoms with Crippen molar-refractivity contribution >= 4 is 16.7 Å². The summed E-state index contributed by atoms with van der Waals surface area (Å²) in [5.74, 6) is -0.461. The number of carbonyl (C=O) groups is 1. The van der Waals surface area contributed by atoms with Crippen molar-refractivity contribution in [2.45, 2.75) is 13.5 Å². The zero-order chi connectivity index (χ0) is 12.3. The molecule has 2 aromatic rings. The average Bonchev–Trinajstić information content (AvgIpc) is 2.33. The Morgan fingerprint density at radius 1 is 1.41 bits per heavy atom. The quantitative estimate of drug-likeness (QED) is 0.739. The molecule has 5 heteroatoms. The first-order valence-electron chi connectivity index (χ1n) is 5.33. The van der Waals surface area contributed by atoms with E-state index < -0.39 is 5.97 Å². The van der Waals surface area contributed by atoms with Crippen LogP contribution in [0.4, 0.5) is 0 Å². The Hall–Kier alpha value is -2.17. The Bertz CT molecular complexity index is 604. The number of aromatic nitrogens is 2. The van der Waals surface area contributed by atoms with E-state index in [2.05, 4.69) is 5.10 Å². The van der Waals surface area contributed by atoms with Crippen molar-refractivity contribution in [3.8, 4) is 0 Å². The van der Waals surface area contributed by atoms with E-state index in [9.17, 15) is 9.59 Å². The third-order valence-corrected chi connectivity index (χ3v) is 2.35. The minimum absolute atomic E-state index is 0.155. The molecule has 0 aliphatic heterocycles. The molecule has 0 amide bonds. The van der Waals surface area contributed by atoms with Crippen LogP contribution in [-0.4, -0.2) is 22.4 Å². The topological polar surface area (TPSA) is 61.2 Å². The lowest BCUT2D eigenvalue weighted by molar-refractivity contribution is -0.144. The molecule has 5 nitrogen and oxygen atoms in total. The molecule has 17 heavy (non-hydrogen) atoms. The molecule has 0 saturated carbocycles. The van der Waals surface area contributed by atoms with Gasteiger partial charge in [0.15, 0.2) is 0 Å². The molecular formula is C12H12N2O3. The predicted molar refractivity (Wildman–Crippen MR) is 62.6 cm³/mol. The molecule has 0 aliphatic carbocycles. The highest BCUT2D eigenvalue weighted by molar-refractivity contribution is 5.80. The van der Waals surface area contributed by atoms with E-state index in [0.29, 0.717) is 12.0 Å². The highest BCUT2D eigenvalue weighted by Crippen LogP contribution is 2.06. The SMILES string of the molecule is CCOC(=O)Cn1ncc2ccccc2c1=O. The molecular weight excluding hydrogens is 220 g/mol. The number of benzene rings is 1. The van der Waals surface area contributed by atoms with Gasteiger partial charge in [-0.25, -0.2) is 4.68 Å². The van der Waals surface area contributed by atoms with E-state index in [1.807, 2.05) is 6.07 Å². The van der Waals surface area contributed by atoms with Crippen LogP contribution in [0.2, 0.25) is 0 Å². The van der Waals surface area contributed by atoms with Gasteiger partial charge in [0.1, 0.15) is 6.54 Å². The molecule has 0 bridgehead atoms. The Kier molecular flexibility index (Phi) is 3.18. The van der Waals surface area contributed by atoms with Gasteiger partial charge in [-0.1, -0.05) is 18.2 Å². The summed E-state index contributed by atoms with van der Waals surface area (Å²) >= 11 is 0. The summed E-state index contributed by atoms with van der Waals surface area (Å²) in [5.41, 5.74) is -0.281. The number of carbonyl (C=O) groups excluding carboxylic acids is 1. The lowest BCUT2D eigenvalue weighted by atomic mass is 10.2. The fourth-order valence-corrected chi connectivity index (χ4v) is 1.57. The minimum atomic E-state index is -0.461. The van der Waals surface area contributed by atoms with Crippen LogP contribution >= 0.6 is 0 Å². The Morgan fingerprint density at radius 2 is 2.18 bits per heavy atom. The van der Waals surface area contributed by atoms with Crippen LogP contribution in [0.5, 0.6) is 0 Å². The molecule has 0 atom stereocenters. The molecule has 1 aromatic carbocycles. The molecule has 0 unspecified atom stereocenters. The van der Waals surface area contributed by atoms with Gasteiger partial charge in [-0.15, -0.1) is 0 Å². The van der Waals surface area contributed by atoms with Gasteiger partial charge in [-0.2, -0.15) is 5.10 Å². The summed E-state index contributed by atoms with van der Waals surface area (Å²) in [6.07, 6.45) is 1.57. The molecule has 1 heterocycles. The van der Waals surface area contributed by atoms with Crippen molar-refractivity contribution in [2.75, 3.05) is 6.61 Å². The summed E-state index contributed by atoms with van der Waals surface area (Å²) in [5, 5.41) is 5.24. The van der Waals surface area contributed by atoms with Gasteiger partial charge >= 0.3 is 5.97 Å². The van der Waals surface area contributed by atoms with Crippen LogP contribution in [0.1, 0.15) is 6.92 Å². The Morgan fingerprint density at radius 3 is 2.94 bits per heavy atom. The van der Waals surface area contributed by atoms with Crippen LogP contribution in [0.15, 0.2) is 35.3 Å². The van der Waals surface area contributed by atoms with Crippen molar-refractivity contribution in [2.24, 2.45) is 0 Å². The van der Waals surface area contributed by atoms with Crippen molar-refractivity contribution in [3.63, 3.8) is 0 Å². The maximum absolute atomic E-state index is 12.0. The number of esters is 1. The maximum Gasteiger partial charge on any atom is 0.327 e.